The van der Waals surface area contributed by atoms with Gasteiger partial charge in [-0.2, -0.15) is 0 Å². The molecule has 2 aliphatic carbocycles. The summed E-state index contributed by atoms with van der Waals surface area (Å²) in [4.78, 5) is 13.9. The van der Waals surface area contributed by atoms with Crippen molar-refractivity contribution in [2.24, 2.45) is 0 Å². The minimum absolute atomic E-state index is 0.125. The minimum atomic E-state index is 0.125. The maximum Gasteiger partial charge on any atom is 0.161 e. The summed E-state index contributed by atoms with van der Waals surface area (Å²) in [5.41, 5.74) is 3.71. The van der Waals surface area contributed by atoms with Crippen molar-refractivity contribution in [2.45, 2.75) is 69.4 Å². The Morgan fingerprint density at radius 1 is 1.04 bits per heavy atom. The van der Waals surface area contributed by atoms with Crippen molar-refractivity contribution < 1.29 is 4.74 Å². The van der Waals surface area contributed by atoms with E-state index in [2.05, 4.69) is 10.3 Å². The lowest BCUT2D eigenvalue weighted by molar-refractivity contribution is -0.0767. The van der Waals surface area contributed by atoms with Gasteiger partial charge < -0.3 is 10.1 Å². The second-order valence-corrected chi connectivity index (χ2v) is 7.98. The Morgan fingerprint density at radius 2 is 1.88 bits per heavy atom. The number of aromatic nitrogens is 3. The van der Waals surface area contributed by atoms with Crippen LogP contribution in [0.25, 0.3) is 11.4 Å². The number of ether oxygens (including phenoxy) is 1. The van der Waals surface area contributed by atoms with Crippen molar-refractivity contribution >= 4 is 5.82 Å². The molecule has 1 spiro atoms. The van der Waals surface area contributed by atoms with E-state index in [0.29, 0.717) is 6.04 Å². The highest BCUT2D eigenvalue weighted by molar-refractivity contribution is 5.60. The Morgan fingerprint density at radius 3 is 2.73 bits per heavy atom. The highest BCUT2D eigenvalue weighted by Gasteiger charge is 2.40. The highest BCUT2D eigenvalue weighted by Crippen LogP contribution is 2.41. The van der Waals surface area contributed by atoms with Crippen molar-refractivity contribution in [2.75, 3.05) is 11.9 Å². The molecule has 26 heavy (non-hydrogen) atoms. The Hall–Kier alpha value is -2.01. The van der Waals surface area contributed by atoms with E-state index in [1.807, 2.05) is 12.1 Å². The van der Waals surface area contributed by atoms with E-state index in [0.717, 1.165) is 49.5 Å². The Balaban J connectivity index is 1.44. The largest absolute Gasteiger partial charge is 0.375 e. The topological polar surface area (TPSA) is 59.9 Å². The Kier molecular flexibility index (Phi) is 4.12. The Labute approximate surface area is 154 Å². The highest BCUT2D eigenvalue weighted by atomic mass is 16.5. The summed E-state index contributed by atoms with van der Waals surface area (Å²) < 4.78 is 6.20. The first kappa shape index (κ1) is 16.2. The molecule has 5 nitrogen and oxygen atoms in total. The van der Waals surface area contributed by atoms with Crippen LogP contribution in [0.3, 0.4) is 0 Å². The lowest BCUT2D eigenvalue weighted by Crippen LogP contribution is -2.42. The Bertz CT molecular complexity index is 786. The van der Waals surface area contributed by atoms with Gasteiger partial charge in [-0.3, -0.25) is 4.98 Å². The number of anilines is 1. The number of hydrogen-bond donors (Lipinski definition) is 1. The van der Waals surface area contributed by atoms with Gasteiger partial charge in [-0.1, -0.05) is 12.8 Å². The van der Waals surface area contributed by atoms with Gasteiger partial charge in [0.25, 0.3) is 0 Å². The summed E-state index contributed by atoms with van der Waals surface area (Å²) in [7, 11) is 0. The monoisotopic (exact) mass is 350 g/mol. The number of nitrogens with zero attached hydrogens (tertiary/aromatic N) is 3. The van der Waals surface area contributed by atoms with E-state index < -0.39 is 0 Å². The van der Waals surface area contributed by atoms with Crippen LogP contribution in [0.4, 0.5) is 5.82 Å². The van der Waals surface area contributed by atoms with Crippen LogP contribution in [0.5, 0.6) is 0 Å². The molecule has 0 radical (unpaired) electrons. The van der Waals surface area contributed by atoms with Crippen LogP contribution in [0, 0.1) is 0 Å². The average molecular weight is 350 g/mol. The molecule has 3 heterocycles. The number of nitrogens with one attached hydrogen (secondary N) is 1. The predicted molar refractivity (Wildman–Crippen MR) is 101 cm³/mol. The van der Waals surface area contributed by atoms with Crippen molar-refractivity contribution in [3.63, 3.8) is 0 Å². The molecule has 136 valence electrons. The van der Waals surface area contributed by atoms with E-state index >= 15 is 0 Å². The third-order valence-electron chi connectivity index (χ3n) is 6.22. The van der Waals surface area contributed by atoms with Crippen LogP contribution < -0.4 is 5.32 Å². The molecule has 2 fully saturated rings. The summed E-state index contributed by atoms with van der Waals surface area (Å²) in [6.07, 6.45) is 14.2. The van der Waals surface area contributed by atoms with Crippen LogP contribution in [0.2, 0.25) is 0 Å². The van der Waals surface area contributed by atoms with Gasteiger partial charge in [0.05, 0.1) is 5.60 Å². The van der Waals surface area contributed by atoms with Crippen LogP contribution in [-0.2, 0) is 17.6 Å². The van der Waals surface area contributed by atoms with Gasteiger partial charge in [0.1, 0.15) is 5.82 Å². The number of pyridine rings is 1. The number of hydrogen-bond acceptors (Lipinski definition) is 5. The van der Waals surface area contributed by atoms with E-state index in [9.17, 15) is 0 Å². The van der Waals surface area contributed by atoms with Crippen molar-refractivity contribution in [1.29, 1.82) is 0 Å². The second-order valence-electron chi connectivity index (χ2n) is 7.98. The molecule has 3 aliphatic rings. The summed E-state index contributed by atoms with van der Waals surface area (Å²) in [6, 6.07) is 4.43. The maximum atomic E-state index is 6.20. The summed E-state index contributed by atoms with van der Waals surface area (Å²) in [5.74, 6) is 1.87. The third kappa shape index (κ3) is 2.98. The van der Waals surface area contributed by atoms with Crippen LogP contribution >= 0.6 is 0 Å². The van der Waals surface area contributed by atoms with Gasteiger partial charge in [-0.15, -0.1) is 0 Å². The third-order valence-corrected chi connectivity index (χ3v) is 6.22. The van der Waals surface area contributed by atoms with Gasteiger partial charge in [0, 0.05) is 41.9 Å². The predicted octanol–water partition coefficient (Wildman–Crippen LogP) is 3.93. The molecule has 1 unspecified atom stereocenters. The van der Waals surface area contributed by atoms with Gasteiger partial charge in [0.2, 0.25) is 0 Å². The molecule has 1 saturated carbocycles. The standard InChI is InChI=1S/C21H26N4O/c1-2-10-21(9-1)14-16(8-13-26-21)23-20-17-4-3-5-18(17)24-19(25-20)15-6-11-22-12-7-15/h6-7,11-12,16H,1-5,8-10,13-14H2,(H,23,24,25). The zero-order chi connectivity index (χ0) is 17.4. The van der Waals surface area contributed by atoms with Gasteiger partial charge >= 0.3 is 0 Å². The van der Waals surface area contributed by atoms with Crippen molar-refractivity contribution in [1.82, 2.24) is 15.0 Å². The molecule has 0 amide bonds. The fourth-order valence-corrected chi connectivity index (χ4v) is 4.89. The molecule has 2 aromatic heterocycles. The lowest BCUT2D eigenvalue weighted by Gasteiger charge is -2.39. The zero-order valence-corrected chi connectivity index (χ0v) is 15.2. The fourth-order valence-electron chi connectivity index (χ4n) is 4.89. The first-order chi connectivity index (χ1) is 12.8. The quantitative estimate of drug-likeness (QED) is 0.909. The normalized spacial score (nSPS) is 23.9. The maximum absolute atomic E-state index is 6.20. The van der Waals surface area contributed by atoms with E-state index in [-0.39, 0.29) is 5.60 Å². The summed E-state index contributed by atoms with van der Waals surface area (Å²) in [5, 5.41) is 3.80. The fraction of sp³-hybridized carbons (Fsp3) is 0.571. The minimum Gasteiger partial charge on any atom is -0.375 e. The smallest absolute Gasteiger partial charge is 0.161 e. The first-order valence-corrected chi connectivity index (χ1v) is 10.0. The molecular weight excluding hydrogens is 324 g/mol. The molecule has 1 N–H and O–H groups in total. The molecule has 5 heteroatoms. The molecule has 5 rings (SSSR count). The lowest BCUT2D eigenvalue weighted by atomic mass is 9.89. The number of rotatable bonds is 3. The van der Waals surface area contributed by atoms with Crippen LogP contribution in [0.15, 0.2) is 24.5 Å². The number of fused-ring (bicyclic) bond motifs is 1. The molecule has 1 atom stereocenters. The van der Waals surface area contributed by atoms with E-state index in [1.165, 1.54) is 43.4 Å². The van der Waals surface area contributed by atoms with Gasteiger partial charge in [0.15, 0.2) is 5.82 Å². The van der Waals surface area contributed by atoms with Crippen LogP contribution in [0.1, 0.15) is 56.2 Å². The molecule has 0 aromatic carbocycles. The summed E-state index contributed by atoms with van der Waals surface area (Å²) >= 11 is 0. The van der Waals surface area contributed by atoms with E-state index in [1.54, 1.807) is 12.4 Å². The van der Waals surface area contributed by atoms with Crippen molar-refractivity contribution in [3.8, 4) is 11.4 Å². The SMILES string of the molecule is c1cc(-c2nc3c(c(NC4CCOC5(CCCC5)C4)n2)CCC3)ccn1. The summed E-state index contributed by atoms with van der Waals surface area (Å²) in [6.45, 7) is 0.863. The molecule has 2 aromatic rings. The van der Waals surface area contributed by atoms with Gasteiger partial charge in [-0.25, -0.2) is 9.97 Å². The number of aryl methyl sites for hydroxylation is 1. The zero-order valence-electron chi connectivity index (χ0n) is 15.2. The van der Waals surface area contributed by atoms with E-state index in [4.69, 9.17) is 14.7 Å². The molecular formula is C21H26N4O. The van der Waals surface area contributed by atoms with Gasteiger partial charge in [-0.05, 0) is 57.1 Å². The van der Waals surface area contributed by atoms with Crippen LogP contribution in [-0.4, -0.2) is 33.2 Å². The van der Waals surface area contributed by atoms with Crippen molar-refractivity contribution in [3.05, 3.63) is 35.8 Å². The molecule has 1 saturated heterocycles. The molecule has 0 bridgehead atoms. The first-order valence-electron chi connectivity index (χ1n) is 10.0. The molecule has 1 aliphatic heterocycles. The second kappa shape index (κ2) is 6.62. The average Bonchev–Trinajstić information content (AvgIpc) is 3.32.